The van der Waals surface area contributed by atoms with E-state index >= 15 is 0 Å². The number of hydrogen-bond donors (Lipinski definition) is 1. The summed E-state index contributed by atoms with van der Waals surface area (Å²) in [6.45, 7) is 6.30. The van der Waals surface area contributed by atoms with Crippen molar-refractivity contribution in [1.82, 2.24) is 0 Å². The molecule has 0 aliphatic heterocycles. The van der Waals surface area contributed by atoms with E-state index in [1.54, 1.807) is 0 Å². The average molecular weight is 213 g/mol. The summed E-state index contributed by atoms with van der Waals surface area (Å²) in [6.07, 6.45) is 0.814. The van der Waals surface area contributed by atoms with Gasteiger partial charge in [0.05, 0.1) is 0 Å². The first-order valence-corrected chi connectivity index (χ1v) is 5.19. The van der Waals surface area contributed by atoms with Gasteiger partial charge in [-0.05, 0) is 36.0 Å². The molecule has 0 bridgehead atoms. The molecule has 0 unspecified atom stereocenters. The molecule has 14 heavy (non-hydrogen) atoms. The lowest BCUT2D eigenvalue weighted by Gasteiger charge is -2.23. The van der Waals surface area contributed by atoms with Crippen LogP contribution in [0.3, 0.4) is 0 Å². The van der Waals surface area contributed by atoms with E-state index in [-0.39, 0.29) is 12.0 Å². The van der Waals surface area contributed by atoms with Crippen LogP contribution in [0.15, 0.2) is 18.2 Å². The van der Waals surface area contributed by atoms with Gasteiger partial charge >= 0.3 is 0 Å². The first-order chi connectivity index (χ1) is 6.46. The highest BCUT2D eigenvalue weighted by atomic mass is 35.5. The quantitative estimate of drug-likeness (QED) is 0.816. The van der Waals surface area contributed by atoms with Crippen molar-refractivity contribution >= 4 is 11.6 Å². The molecule has 0 amide bonds. The zero-order valence-electron chi connectivity index (χ0n) is 8.97. The smallest absolute Gasteiger partial charge is 0.0485 e. The lowest BCUT2D eigenvalue weighted by molar-refractivity contribution is 0.159. The third-order valence-electron chi connectivity index (χ3n) is 2.44. The fraction of sp³-hybridized carbons (Fsp3) is 0.500. The Bertz CT molecular complexity index is 298. The minimum Gasteiger partial charge on any atom is -0.396 e. The Labute approximate surface area is 90.7 Å². The van der Waals surface area contributed by atoms with Crippen molar-refractivity contribution in [3.63, 3.8) is 0 Å². The molecule has 0 atom stereocenters. The first-order valence-electron chi connectivity index (χ1n) is 4.81. The van der Waals surface area contributed by atoms with E-state index in [9.17, 15) is 5.11 Å². The van der Waals surface area contributed by atoms with Gasteiger partial charge in [0.15, 0.2) is 0 Å². The number of hydrogen-bond acceptors (Lipinski definition) is 1. The highest BCUT2D eigenvalue weighted by molar-refractivity contribution is 6.31. The van der Waals surface area contributed by atoms with Gasteiger partial charge in [-0.25, -0.2) is 0 Å². The Morgan fingerprint density at radius 2 is 2.00 bits per heavy atom. The normalized spacial score (nSPS) is 11.8. The molecule has 1 N–H and O–H groups in total. The molecule has 1 aromatic carbocycles. The van der Waals surface area contributed by atoms with Gasteiger partial charge in [-0.15, -0.1) is 0 Å². The summed E-state index contributed by atoms with van der Waals surface area (Å²) in [7, 11) is 0. The largest absolute Gasteiger partial charge is 0.396 e. The zero-order chi connectivity index (χ0) is 10.8. The Balaban J connectivity index is 2.97. The number of aliphatic hydroxyl groups excluding tert-OH is 1. The van der Waals surface area contributed by atoms with E-state index in [1.807, 2.05) is 26.0 Å². The van der Waals surface area contributed by atoms with Crippen LogP contribution in [-0.2, 0) is 6.42 Å². The maximum absolute atomic E-state index is 9.19. The van der Waals surface area contributed by atoms with Crippen molar-refractivity contribution in [3.8, 4) is 0 Å². The molecular formula is C12H17ClO. The SMILES string of the molecule is Cc1cccc(Cl)c1CC(C)(C)CO. The van der Waals surface area contributed by atoms with Crippen LogP contribution < -0.4 is 0 Å². The molecule has 0 aliphatic rings. The van der Waals surface area contributed by atoms with E-state index in [1.165, 1.54) is 5.56 Å². The fourth-order valence-corrected chi connectivity index (χ4v) is 1.71. The fourth-order valence-electron chi connectivity index (χ4n) is 1.42. The van der Waals surface area contributed by atoms with Crippen LogP contribution >= 0.6 is 11.6 Å². The summed E-state index contributed by atoms with van der Waals surface area (Å²) in [5, 5.41) is 9.99. The minimum absolute atomic E-state index is 0.101. The van der Waals surface area contributed by atoms with Crippen LogP contribution in [-0.4, -0.2) is 11.7 Å². The molecular weight excluding hydrogens is 196 g/mol. The van der Waals surface area contributed by atoms with E-state index in [0.717, 1.165) is 17.0 Å². The molecule has 0 aliphatic carbocycles. The molecule has 0 saturated carbocycles. The number of halogens is 1. The second kappa shape index (κ2) is 4.33. The highest BCUT2D eigenvalue weighted by Gasteiger charge is 2.19. The number of aryl methyl sites for hydroxylation is 1. The monoisotopic (exact) mass is 212 g/mol. The Hall–Kier alpha value is -0.530. The second-order valence-corrected chi connectivity index (χ2v) is 4.94. The van der Waals surface area contributed by atoms with Gasteiger partial charge in [-0.2, -0.15) is 0 Å². The number of aliphatic hydroxyl groups is 1. The maximum Gasteiger partial charge on any atom is 0.0485 e. The predicted octanol–water partition coefficient (Wildman–Crippen LogP) is 3.21. The van der Waals surface area contributed by atoms with Gasteiger partial charge in [-0.1, -0.05) is 37.6 Å². The molecule has 0 spiro atoms. The van der Waals surface area contributed by atoms with E-state index in [4.69, 9.17) is 11.6 Å². The lowest BCUT2D eigenvalue weighted by atomic mass is 9.85. The second-order valence-electron chi connectivity index (χ2n) is 4.53. The molecule has 0 fully saturated rings. The Morgan fingerprint density at radius 1 is 1.36 bits per heavy atom. The van der Waals surface area contributed by atoms with Crippen LogP contribution in [0, 0.1) is 12.3 Å². The van der Waals surface area contributed by atoms with Crippen molar-refractivity contribution in [1.29, 1.82) is 0 Å². The van der Waals surface area contributed by atoms with Crippen molar-refractivity contribution in [2.24, 2.45) is 5.41 Å². The van der Waals surface area contributed by atoms with Gasteiger partial charge in [0.2, 0.25) is 0 Å². The molecule has 0 radical (unpaired) electrons. The molecule has 0 heterocycles. The first kappa shape index (κ1) is 11.5. The van der Waals surface area contributed by atoms with Crippen LogP contribution in [0.25, 0.3) is 0 Å². The van der Waals surface area contributed by atoms with E-state index in [2.05, 4.69) is 13.0 Å². The van der Waals surface area contributed by atoms with Crippen LogP contribution in [0.4, 0.5) is 0 Å². The van der Waals surface area contributed by atoms with Gasteiger partial charge in [-0.3, -0.25) is 0 Å². The molecule has 1 rings (SSSR count). The zero-order valence-corrected chi connectivity index (χ0v) is 9.73. The molecule has 0 saturated heterocycles. The van der Waals surface area contributed by atoms with Crippen LogP contribution in [0.1, 0.15) is 25.0 Å². The van der Waals surface area contributed by atoms with Crippen LogP contribution in [0.2, 0.25) is 5.02 Å². The summed E-state index contributed by atoms with van der Waals surface area (Å²) in [6, 6.07) is 5.90. The molecule has 0 aromatic heterocycles. The third kappa shape index (κ3) is 2.73. The summed E-state index contributed by atoms with van der Waals surface area (Å²) < 4.78 is 0. The van der Waals surface area contributed by atoms with Crippen LogP contribution in [0.5, 0.6) is 0 Å². The summed E-state index contributed by atoms with van der Waals surface area (Å²) in [4.78, 5) is 0. The van der Waals surface area contributed by atoms with Gasteiger partial charge in [0, 0.05) is 11.6 Å². The van der Waals surface area contributed by atoms with Crippen molar-refractivity contribution in [2.45, 2.75) is 27.2 Å². The standard InChI is InChI=1S/C12H17ClO/c1-9-5-4-6-11(13)10(9)7-12(2,3)8-14/h4-6,14H,7-8H2,1-3H3. The summed E-state index contributed by atoms with van der Waals surface area (Å²) >= 11 is 6.11. The van der Waals surface area contributed by atoms with Gasteiger partial charge in [0.1, 0.15) is 0 Å². The molecule has 2 heteroatoms. The lowest BCUT2D eigenvalue weighted by Crippen LogP contribution is -2.20. The summed E-state index contributed by atoms with van der Waals surface area (Å²) in [5.74, 6) is 0. The van der Waals surface area contributed by atoms with Crippen molar-refractivity contribution in [3.05, 3.63) is 34.3 Å². The highest BCUT2D eigenvalue weighted by Crippen LogP contribution is 2.28. The molecule has 1 aromatic rings. The number of benzene rings is 1. The van der Waals surface area contributed by atoms with E-state index in [0.29, 0.717) is 0 Å². The third-order valence-corrected chi connectivity index (χ3v) is 2.79. The Kier molecular flexibility index (Phi) is 3.57. The van der Waals surface area contributed by atoms with Crippen molar-refractivity contribution < 1.29 is 5.11 Å². The van der Waals surface area contributed by atoms with Gasteiger partial charge in [0.25, 0.3) is 0 Å². The van der Waals surface area contributed by atoms with E-state index < -0.39 is 0 Å². The topological polar surface area (TPSA) is 20.2 Å². The van der Waals surface area contributed by atoms with Crippen molar-refractivity contribution in [2.75, 3.05) is 6.61 Å². The molecule has 1 nitrogen and oxygen atoms in total. The Morgan fingerprint density at radius 3 is 2.50 bits per heavy atom. The predicted molar refractivity (Wildman–Crippen MR) is 60.8 cm³/mol. The maximum atomic E-state index is 9.19. The number of rotatable bonds is 3. The average Bonchev–Trinajstić information content (AvgIpc) is 2.12. The van der Waals surface area contributed by atoms with Gasteiger partial charge < -0.3 is 5.11 Å². The summed E-state index contributed by atoms with van der Waals surface area (Å²) in [5.41, 5.74) is 2.24. The molecule has 78 valence electrons. The minimum atomic E-state index is -0.101.